The Morgan fingerprint density at radius 2 is 2.27 bits per heavy atom. The Kier molecular flexibility index (Phi) is 1.18. The highest BCUT2D eigenvalue weighted by molar-refractivity contribution is 5.23. The normalized spacial score (nSPS) is 53.0. The molecule has 1 saturated carbocycles. The summed E-state index contributed by atoms with van der Waals surface area (Å²) in [7, 11) is 0. The minimum atomic E-state index is -0.0700. The minimum absolute atomic E-state index is 0.0700. The van der Waals surface area contributed by atoms with E-state index in [4.69, 9.17) is 5.26 Å². The Labute approximate surface area is 67.7 Å². The summed E-state index contributed by atoms with van der Waals surface area (Å²) in [6.45, 7) is 4.31. The van der Waals surface area contributed by atoms with Crippen molar-refractivity contribution in [2.24, 2.45) is 23.2 Å². The summed E-state index contributed by atoms with van der Waals surface area (Å²) in [5.41, 5.74) is -0.0700. The predicted molar refractivity (Wildman–Crippen MR) is 43.6 cm³/mol. The van der Waals surface area contributed by atoms with Crippen molar-refractivity contribution in [2.45, 2.75) is 20.3 Å². The second kappa shape index (κ2) is 1.88. The van der Waals surface area contributed by atoms with Crippen LogP contribution in [0.5, 0.6) is 0 Å². The third kappa shape index (κ3) is 0.651. The molecule has 0 N–H and O–H groups in total. The van der Waals surface area contributed by atoms with Gasteiger partial charge in [0.25, 0.3) is 0 Å². The molecule has 4 atom stereocenters. The second-order valence-electron chi connectivity index (χ2n) is 4.07. The zero-order valence-electron chi connectivity index (χ0n) is 7.04. The SMILES string of the molecule is CC1C2C=CC(C2)C1(C)C#N. The Morgan fingerprint density at radius 3 is 2.64 bits per heavy atom. The molecule has 58 valence electrons. The van der Waals surface area contributed by atoms with Crippen molar-refractivity contribution in [2.75, 3.05) is 0 Å². The van der Waals surface area contributed by atoms with Crippen LogP contribution in [0.1, 0.15) is 20.3 Å². The van der Waals surface area contributed by atoms with Crippen LogP contribution < -0.4 is 0 Å². The Morgan fingerprint density at radius 1 is 1.55 bits per heavy atom. The number of allylic oxidation sites excluding steroid dienone is 2. The molecular formula is C10H13N. The fourth-order valence-corrected chi connectivity index (χ4v) is 2.51. The maximum Gasteiger partial charge on any atom is 0.0696 e. The first kappa shape index (κ1) is 6.91. The van der Waals surface area contributed by atoms with Crippen LogP contribution in [-0.4, -0.2) is 0 Å². The number of nitriles is 1. The molecule has 1 heteroatoms. The fourth-order valence-electron chi connectivity index (χ4n) is 2.51. The molecule has 2 bridgehead atoms. The van der Waals surface area contributed by atoms with Gasteiger partial charge in [-0.15, -0.1) is 0 Å². The molecule has 1 nitrogen and oxygen atoms in total. The largest absolute Gasteiger partial charge is 0.198 e. The zero-order valence-corrected chi connectivity index (χ0v) is 7.04. The highest BCUT2D eigenvalue weighted by Crippen LogP contribution is 2.55. The quantitative estimate of drug-likeness (QED) is 0.482. The Bertz CT molecular complexity index is 248. The molecule has 0 radical (unpaired) electrons. The smallest absolute Gasteiger partial charge is 0.0696 e. The fraction of sp³-hybridized carbons (Fsp3) is 0.700. The van der Waals surface area contributed by atoms with Gasteiger partial charge in [0.15, 0.2) is 0 Å². The van der Waals surface area contributed by atoms with Crippen LogP contribution in [0.4, 0.5) is 0 Å². The molecule has 0 aromatic rings. The van der Waals surface area contributed by atoms with E-state index in [1.54, 1.807) is 0 Å². The lowest BCUT2D eigenvalue weighted by molar-refractivity contribution is 0.264. The minimum Gasteiger partial charge on any atom is -0.198 e. The van der Waals surface area contributed by atoms with Gasteiger partial charge in [0.05, 0.1) is 11.5 Å². The van der Waals surface area contributed by atoms with Gasteiger partial charge in [0.2, 0.25) is 0 Å². The molecule has 0 saturated heterocycles. The summed E-state index contributed by atoms with van der Waals surface area (Å²) in [5.74, 6) is 1.78. The molecule has 4 unspecified atom stereocenters. The summed E-state index contributed by atoms with van der Waals surface area (Å²) >= 11 is 0. The second-order valence-corrected chi connectivity index (χ2v) is 4.07. The van der Waals surface area contributed by atoms with Crippen molar-refractivity contribution in [1.82, 2.24) is 0 Å². The average molecular weight is 147 g/mol. The van der Waals surface area contributed by atoms with Gasteiger partial charge in [0.1, 0.15) is 0 Å². The van der Waals surface area contributed by atoms with Gasteiger partial charge < -0.3 is 0 Å². The van der Waals surface area contributed by atoms with E-state index in [9.17, 15) is 0 Å². The third-order valence-corrected chi connectivity index (χ3v) is 3.72. The molecule has 11 heavy (non-hydrogen) atoms. The van der Waals surface area contributed by atoms with Crippen LogP contribution in [0.3, 0.4) is 0 Å². The van der Waals surface area contributed by atoms with Gasteiger partial charge in [-0.05, 0) is 31.1 Å². The van der Waals surface area contributed by atoms with Gasteiger partial charge in [-0.3, -0.25) is 0 Å². The first-order valence-corrected chi connectivity index (χ1v) is 4.28. The van der Waals surface area contributed by atoms with Gasteiger partial charge >= 0.3 is 0 Å². The van der Waals surface area contributed by atoms with Gasteiger partial charge in [-0.2, -0.15) is 5.26 Å². The molecule has 0 heterocycles. The number of hydrogen-bond donors (Lipinski definition) is 0. The molecule has 2 aliphatic carbocycles. The average Bonchev–Trinajstić information content (AvgIpc) is 2.56. The first-order chi connectivity index (χ1) is 5.18. The van der Waals surface area contributed by atoms with E-state index in [0.717, 1.165) is 0 Å². The molecule has 2 rings (SSSR count). The van der Waals surface area contributed by atoms with E-state index in [2.05, 4.69) is 32.1 Å². The van der Waals surface area contributed by atoms with E-state index in [-0.39, 0.29) is 5.41 Å². The van der Waals surface area contributed by atoms with Crippen molar-refractivity contribution in [1.29, 1.82) is 5.26 Å². The van der Waals surface area contributed by atoms with Crippen molar-refractivity contribution in [3.05, 3.63) is 12.2 Å². The monoisotopic (exact) mass is 147 g/mol. The zero-order chi connectivity index (χ0) is 8.06. The number of rotatable bonds is 0. The molecule has 0 aromatic heterocycles. The molecular weight excluding hydrogens is 134 g/mol. The topological polar surface area (TPSA) is 23.8 Å². The van der Waals surface area contributed by atoms with Gasteiger partial charge in [-0.25, -0.2) is 0 Å². The summed E-state index contributed by atoms with van der Waals surface area (Å²) in [6.07, 6.45) is 5.73. The molecule has 0 amide bonds. The van der Waals surface area contributed by atoms with Gasteiger partial charge in [0, 0.05) is 0 Å². The summed E-state index contributed by atoms with van der Waals surface area (Å²) < 4.78 is 0. The third-order valence-electron chi connectivity index (χ3n) is 3.72. The highest BCUT2D eigenvalue weighted by Gasteiger charge is 2.51. The number of fused-ring (bicyclic) bond motifs is 2. The van der Waals surface area contributed by atoms with Crippen LogP contribution in [0.25, 0.3) is 0 Å². The van der Waals surface area contributed by atoms with Crippen molar-refractivity contribution >= 4 is 0 Å². The summed E-state index contributed by atoms with van der Waals surface area (Å²) in [5, 5.41) is 9.03. The van der Waals surface area contributed by atoms with Crippen molar-refractivity contribution in [3.8, 4) is 6.07 Å². The number of nitrogens with zero attached hydrogens (tertiary/aromatic N) is 1. The Hall–Kier alpha value is -0.770. The lowest BCUT2D eigenvalue weighted by Crippen LogP contribution is -2.27. The van der Waals surface area contributed by atoms with E-state index < -0.39 is 0 Å². The summed E-state index contributed by atoms with van der Waals surface area (Å²) in [4.78, 5) is 0. The maximum absolute atomic E-state index is 9.03. The number of hydrogen-bond acceptors (Lipinski definition) is 1. The van der Waals surface area contributed by atoms with E-state index >= 15 is 0 Å². The van der Waals surface area contributed by atoms with Crippen molar-refractivity contribution < 1.29 is 0 Å². The van der Waals surface area contributed by atoms with E-state index in [1.165, 1.54) is 6.42 Å². The van der Waals surface area contributed by atoms with Crippen molar-refractivity contribution in [3.63, 3.8) is 0 Å². The Balaban J connectivity index is 2.40. The molecule has 0 spiro atoms. The molecule has 2 aliphatic rings. The maximum atomic E-state index is 9.03. The van der Waals surface area contributed by atoms with Crippen LogP contribution >= 0.6 is 0 Å². The highest BCUT2D eigenvalue weighted by atomic mass is 14.5. The lowest BCUT2D eigenvalue weighted by Gasteiger charge is -2.29. The van der Waals surface area contributed by atoms with E-state index in [1.807, 2.05) is 0 Å². The summed E-state index contributed by atoms with van der Waals surface area (Å²) in [6, 6.07) is 2.47. The van der Waals surface area contributed by atoms with Crippen LogP contribution in [0.15, 0.2) is 12.2 Å². The van der Waals surface area contributed by atoms with E-state index in [0.29, 0.717) is 17.8 Å². The lowest BCUT2D eigenvalue weighted by atomic mass is 9.72. The molecule has 0 aliphatic heterocycles. The van der Waals surface area contributed by atoms with Gasteiger partial charge in [-0.1, -0.05) is 19.1 Å². The standard InChI is InChI=1S/C10H13N/c1-7-8-3-4-9(5-8)10(7,2)6-11/h3-4,7-9H,5H2,1-2H3. The van der Waals surface area contributed by atoms with Crippen LogP contribution in [0.2, 0.25) is 0 Å². The van der Waals surface area contributed by atoms with Crippen LogP contribution in [0, 0.1) is 34.5 Å². The van der Waals surface area contributed by atoms with Crippen LogP contribution in [-0.2, 0) is 0 Å². The first-order valence-electron chi connectivity index (χ1n) is 4.28. The predicted octanol–water partition coefficient (Wildman–Crippen LogP) is 2.36. The molecule has 0 aromatic carbocycles. The molecule has 1 fully saturated rings.